The average molecular weight is 341 g/mol. The van der Waals surface area contributed by atoms with Crippen LogP contribution in [0.5, 0.6) is 5.75 Å². The van der Waals surface area contributed by atoms with Gasteiger partial charge < -0.3 is 14.4 Å². The Labute approximate surface area is 144 Å². The Bertz CT molecular complexity index is 828. The molecule has 2 aliphatic rings. The van der Waals surface area contributed by atoms with E-state index in [1.165, 1.54) is 10.9 Å². The third-order valence-corrected chi connectivity index (χ3v) is 4.48. The fourth-order valence-corrected chi connectivity index (χ4v) is 3.18. The summed E-state index contributed by atoms with van der Waals surface area (Å²) in [5.74, 6) is -0.0241. The highest BCUT2D eigenvalue weighted by atomic mass is 16.5. The number of ether oxygens (including phenoxy) is 2. The minimum absolute atomic E-state index is 0.148. The molecule has 3 heterocycles. The van der Waals surface area contributed by atoms with Crippen molar-refractivity contribution in [2.45, 2.75) is 32.0 Å². The van der Waals surface area contributed by atoms with Gasteiger partial charge in [-0.05, 0) is 24.8 Å². The van der Waals surface area contributed by atoms with Crippen LogP contribution in [0.2, 0.25) is 0 Å². The van der Waals surface area contributed by atoms with Crippen LogP contribution in [0.1, 0.15) is 31.1 Å². The van der Waals surface area contributed by atoms with E-state index in [-0.39, 0.29) is 30.1 Å². The average Bonchev–Trinajstić information content (AvgIpc) is 2.66. The predicted octanol–water partition coefficient (Wildman–Crippen LogP) is 1.87. The van der Waals surface area contributed by atoms with Gasteiger partial charge in [0, 0.05) is 6.61 Å². The fourth-order valence-electron chi connectivity index (χ4n) is 3.18. The van der Waals surface area contributed by atoms with Crippen molar-refractivity contribution < 1.29 is 14.3 Å². The summed E-state index contributed by atoms with van der Waals surface area (Å²) >= 11 is 0. The van der Waals surface area contributed by atoms with Crippen LogP contribution in [0.4, 0.5) is 5.69 Å². The third kappa shape index (κ3) is 3.02. The minimum Gasteiger partial charge on any atom is -0.476 e. The smallest absolute Gasteiger partial charge is 0.313 e. The lowest BCUT2D eigenvalue weighted by Gasteiger charge is -2.30. The van der Waals surface area contributed by atoms with Gasteiger partial charge in [0.15, 0.2) is 12.8 Å². The van der Waals surface area contributed by atoms with Gasteiger partial charge in [0.1, 0.15) is 5.69 Å². The topological polar surface area (TPSA) is 73.7 Å². The fraction of sp³-hybridized carbons (Fsp3) is 0.389. The van der Waals surface area contributed by atoms with Crippen molar-refractivity contribution >= 4 is 11.6 Å². The molecule has 0 aliphatic carbocycles. The van der Waals surface area contributed by atoms with Gasteiger partial charge in [-0.2, -0.15) is 9.78 Å². The molecule has 1 saturated heterocycles. The highest BCUT2D eigenvalue weighted by Crippen LogP contribution is 2.30. The molecule has 0 spiro atoms. The second kappa shape index (κ2) is 6.68. The van der Waals surface area contributed by atoms with Gasteiger partial charge in [0.05, 0.1) is 12.7 Å². The molecule has 1 atom stereocenters. The number of hydrogen-bond acceptors (Lipinski definition) is 5. The summed E-state index contributed by atoms with van der Waals surface area (Å²) in [6, 6.07) is 9.62. The van der Waals surface area contributed by atoms with E-state index in [0.29, 0.717) is 18.8 Å². The maximum absolute atomic E-state index is 12.8. The van der Waals surface area contributed by atoms with E-state index in [0.717, 1.165) is 24.8 Å². The molecule has 1 aromatic carbocycles. The van der Waals surface area contributed by atoms with Crippen molar-refractivity contribution in [1.82, 2.24) is 9.78 Å². The summed E-state index contributed by atoms with van der Waals surface area (Å²) in [5.41, 5.74) is 1.04. The number of nitrogens with zero attached hydrogens (tertiary/aromatic N) is 3. The molecule has 4 rings (SSSR count). The van der Waals surface area contributed by atoms with Gasteiger partial charge in [0.25, 0.3) is 5.91 Å². The largest absolute Gasteiger partial charge is 0.476 e. The predicted molar refractivity (Wildman–Crippen MR) is 90.5 cm³/mol. The van der Waals surface area contributed by atoms with E-state index in [2.05, 4.69) is 5.10 Å². The second-order valence-electron chi connectivity index (χ2n) is 6.18. The monoisotopic (exact) mass is 341 g/mol. The maximum atomic E-state index is 12.8. The van der Waals surface area contributed by atoms with Gasteiger partial charge in [-0.25, -0.2) is 0 Å². The molecule has 1 amide bonds. The SMILES string of the molecule is O=C1COc2c(cnn(C3CCCCO3)c2=O)N1Cc1ccccc1. The van der Waals surface area contributed by atoms with Crippen molar-refractivity contribution in [2.75, 3.05) is 18.1 Å². The molecule has 25 heavy (non-hydrogen) atoms. The van der Waals surface area contributed by atoms with E-state index in [1.807, 2.05) is 30.3 Å². The summed E-state index contributed by atoms with van der Waals surface area (Å²) in [6.07, 6.45) is 3.89. The van der Waals surface area contributed by atoms with Crippen LogP contribution in [0.25, 0.3) is 0 Å². The van der Waals surface area contributed by atoms with Crippen molar-refractivity contribution in [3.63, 3.8) is 0 Å². The Morgan fingerprint density at radius 3 is 2.76 bits per heavy atom. The Morgan fingerprint density at radius 2 is 2.00 bits per heavy atom. The van der Waals surface area contributed by atoms with Crippen LogP contribution >= 0.6 is 0 Å². The van der Waals surface area contributed by atoms with Gasteiger partial charge in [0.2, 0.25) is 5.75 Å². The van der Waals surface area contributed by atoms with E-state index >= 15 is 0 Å². The molecule has 0 saturated carbocycles. The molecule has 7 heteroatoms. The molecule has 2 aromatic rings. The van der Waals surface area contributed by atoms with Crippen LogP contribution in [0.3, 0.4) is 0 Å². The van der Waals surface area contributed by atoms with Crippen molar-refractivity contribution in [1.29, 1.82) is 0 Å². The molecule has 0 N–H and O–H groups in total. The Kier molecular flexibility index (Phi) is 4.23. The first kappa shape index (κ1) is 15.8. The zero-order valence-electron chi connectivity index (χ0n) is 13.8. The summed E-state index contributed by atoms with van der Waals surface area (Å²) in [6.45, 7) is 0.848. The van der Waals surface area contributed by atoms with Crippen molar-refractivity contribution in [3.8, 4) is 5.75 Å². The number of benzene rings is 1. The first-order valence-corrected chi connectivity index (χ1v) is 8.44. The van der Waals surface area contributed by atoms with Crippen LogP contribution < -0.4 is 15.2 Å². The second-order valence-corrected chi connectivity index (χ2v) is 6.18. The van der Waals surface area contributed by atoms with Gasteiger partial charge >= 0.3 is 5.56 Å². The van der Waals surface area contributed by atoms with Gasteiger partial charge in [-0.3, -0.25) is 9.59 Å². The highest BCUT2D eigenvalue weighted by Gasteiger charge is 2.30. The number of anilines is 1. The molecule has 1 fully saturated rings. The molecule has 0 bridgehead atoms. The number of amides is 1. The zero-order valence-corrected chi connectivity index (χ0v) is 13.8. The molecule has 2 aliphatic heterocycles. The molecule has 1 aromatic heterocycles. The van der Waals surface area contributed by atoms with Crippen LogP contribution in [0.15, 0.2) is 41.3 Å². The minimum atomic E-state index is -0.365. The molecular weight excluding hydrogens is 322 g/mol. The summed E-state index contributed by atoms with van der Waals surface area (Å²) in [5, 5.41) is 4.25. The Balaban J connectivity index is 1.68. The first-order chi connectivity index (χ1) is 12.2. The normalized spacial score (nSPS) is 20.1. The lowest BCUT2D eigenvalue weighted by molar-refractivity contribution is -0.121. The van der Waals surface area contributed by atoms with Crippen LogP contribution in [-0.2, 0) is 16.1 Å². The molecule has 130 valence electrons. The third-order valence-electron chi connectivity index (χ3n) is 4.48. The lowest BCUT2D eigenvalue weighted by atomic mass is 10.2. The Hall–Kier alpha value is -2.67. The molecule has 0 radical (unpaired) electrons. The summed E-state index contributed by atoms with van der Waals surface area (Å²) in [4.78, 5) is 26.6. The van der Waals surface area contributed by atoms with Crippen LogP contribution in [0, 0.1) is 0 Å². The van der Waals surface area contributed by atoms with Crippen LogP contribution in [-0.4, -0.2) is 28.9 Å². The summed E-state index contributed by atoms with van der Waals surface area (Å²) < 4.78 is 12.4. The van der Waals surface area contributed by atoms with E-state index in [4.69, 9.17) is 9.47 Å². The zero-order chi connectivity index (χ0) is 17.2. The van der Waals surface area contributed by atoms with E-state index in [1.54, 1.807) is 4.90 Å². The number of fused-ring (bicyclic) bond motifs is 1. The summed E-state index contributed by atoms with van der Waals surface area (Å²) in [7, 11) is 0. The van der Waals surface area contributed by atoms with Crippen molar-refractivity contribution in [3.05, 3.63) is 52.4 Å². The number of carbonyl (C=O) groups excluding carboxylic acids is 1. The molecule has 1 unspecified atom stereocenters. The maximum Gasteiger partial charge on any atom is 0.313 e. The number of carbonyl (C=O) groups is 1. The van der Waals surface area contributed by atoms with E-state index < -0.39 is 0 Å². The number of hydrogen-bond donors (Lipinski definition) is 0. The molecule has 7 nitrogen and oxygen atoms in total. The number of aromatic nitrogens is 2. The first-order valence-electron chi connectivity index (χ1n) is 8.44. The van der Waals surface area contributed by atoms with E-state index in [9.17, 15) is 9.59 Å². The molecular formula is C18H19N3O4. The lowest BCUT2D eigenvalue weighted by Crippen LogP contribution is -2.42. The van der Waals surface area contributed by atoms with Gasteiger partial charge in [-0.1, -0.05) is 30.3 Å². The standard InChI is InChI=1S/C18H19N3O4/c22-15-12-25-17-14(20(15)11-13-6-2-1-3-7-13)10-19-21(18(17)23)16-8-4-5-9-24-16/h1-3,6-7,10,16H,4-5,8-9,11-12H2. The Morgan fingerprint density at radius 1 is 1.16 bits per heavy atom. The quantitative estimate of drug-likeness (QED) is 0.852. The highest BCUT2D eigenvalue weighted by molar-refractivity contribution is 5.97. The number of rotatable bonds is 3. The van der Waals surface area contributed by atoms with Crippen molar-refractivity contribution in [2.24, 2.45) is 0 Å². The van der Waals surface area contributed by atoms with Gasteiger partial charge in [-0.15, -0.1) is 0 Å².